The molecule has 1 heterocycles. The maximum absolute atomic E-state index is 12.9. The predicted octanol–water partition coefficient (Wildman–Crippen LogP) is 3.22. The van der Waals surface area contributed by atoms with Crippen LogP contribution in [0.5, 0.6) is 5.75 Å². The number of aliphatic hydroxyl groups is 2. The molecule has 0 unspecified atom stereocenters. The number of carbonyl (C=O) groups excluding carboxylic acids is 1. The number of benzene rings is 2. The molecule has 1 saturated carbocycles. The number of amidine groups is 1. The fraction of sp³-hybridized carbons (Fsp3) is 0.333. The molecule has 0 bridgehead atoms. The number of fused-ring (bicyclic) bond motifs is 1. The quantitative estimate of drug-likeness (QED) is 0.551. The fourth-order valence-corrected chi connectivity index (χ4v) is 5.11. The van der Waals surface area contributed by atoms with Gasteiger partial charge in [-0.1, -0.05) is 30.0 Å². The number of thioether (sulfide) groups is 1. The molecule has 0 spiro atoms. The first-order valence-corrected chi connectivity index (χ1v) is 10.7. The normalized spacial score (nSPS) is 27.3. The van der Waals surface area contributed by atoms with Crippen molar-refractivity contribution in [2.75, 3.05) is 10.6 Å². The Kier molecular flexibility index (Phi) is 6.31. The lowest BCUT2D eigenvalue weighted by molar-refractivity contribution is -0.274. The van der Waals surface area contributed by atoms with Gasteiger partial charge >= 0.3 is 6.36 Å². The number of alkyl halides is 3. The van der Waals surface area contributed by atoms with Crippen molar-refractivity contribution < 1.29 is 32.9 Å². The third-order valence-corrected chi connectivity index (χ3v) is 6.51. The van der Waals surface area contributed by atoms with Gasteiger partial charge in [-0.3, -0.25) is 9.79 Å². The zero-order valence-corrected chi connectivity index (χ0v) is 17.3. The van der Waals surface area contributed by atoms with Crippen LogP contribution in [0.4, 0.5) is 24.5 Å². The summed E-state index contributed by atoms with van der Waals surface area (Å²) in [6.07, 6.45) is -6.93. The summed E-state index contributed by atoms with van der Waals surface area (Å²) >= 11 is 1.25. The Morgan fingerprint density at radius 3 is 2.41 bits per heavy atom. The molecule has 5 atom stereocenters. The van der Waals surface area contributed by atoms with Crippen LogP contribution in [0.15, 0.2) is 59.6 Å². The van der Waals surface area contributed by atoms with Gasteiger partial charge < -0.3 is 25.6 Å². The molecule has 7 nitrogen and oxygen atoms in total. The molecule has 32 heavy (non-hydrogen) atoms. The first kappa shape index (κ1) is 22.4. The van der Waals surface area contributed by atoms with Crippen molar-refractivity contribution in [3.8, 4) is 5.75 Å². The number of amides is 1. The van der Waals surface area contributed by atoms with E-state index < -0.39 is 35.8 Å². The lowest BCUT2D eigenvalue weighted by Crippen LogP contribution is -2.52. The summed E-state index contributed by atoms with van der Waals surface area (Å²) in [6, 6.07) is 13.3. The molecule has 0 radical (unpaired) electrons. The van der Waals surface area contributed by atoms with Crippen molar-refractivity contribution >= 4 is 34.2 Å². The molecule has 2 aliphatic rings. The van der Waals surface area contributed by atoms with Crippen molar-refractivity contribution in [2.45, 2.75) is 36.3 Å². The second kappa shape index (κ2) is 9.00. The maximum atomic E-state index is 12.9. The Labute approximate surface area is 185 Å². The van der Waals surface area contributed by atoms with E-state index in [1.807, 2.05) is 6.07 Å². The Morgan fingerprint density at radius 2 is 1.75 bits per heavy atom. The summed E-state index contributed by atoms with van der Waals surface area (Å²) in [5, 5.41) is 26.5. The van der Waals surface area contributed by atoms with E-state index in [0.717, 1.165) is 12.1 Å². The third kappa shape index (κ3) is 5.17. The number of anilines is 2. The summed E-state index contributed by atoms with van der Waals surface area (Å²) in [4.78, 5) is 17.3. The van der Waals surface area contributed by atoms with Crippen LogP contribution in [0.2, 0.25) is 0 Å². The maximum Gasteiger partial charge on any atom is 0.573 e. The van der Waals surface area contributed by atoms with E-state index in [9.17, 15) is 28.2 Å². The Hall–Kier alpha value is -2.76. The largest absolute Gasteiger partial charge is 0.573 e. The van der Waals surface area contributed by atoms with Gasteiger partial charge in [-0.15, -0.1) is 13.2 Å². The molecular formula is C21H20F3N3O4S. The first-order valence-electron chi connectivity index (χ1n) is 9.79. The predicted molar refractivity (Wildman–Crippen MR) is 115 cm³/mol. The van der Waals surface area contributed by atoms with Gasteiger partial charge in [0.05, 0.1) is 18.1 Å². The number of nitrogens with zero attached hydrogens (tertiary/aromatic N) is 1. The van der Waals surface area contributed by atoms with E-state index in [1.54, 1.807) is 24.3 Å². The lowest BCUT2D eigenvalue weighted by atomic mass is 9.81. The monoisotopic (exact) mass is 467 g/mol. The second-order valence-electron chi connectivity index (χ2n) is 7.46. The molecule has 4 N–H and O–H groups in total. The Balaban J connectivity index is 1.45. The highest BCUT2D eigenvalue weighted by Crippen LogP contribution is 2.42. The number of nitrogens with one attached hydrogen (secondary N) is 2. The number of hydrogen-bond donors (Lipinski definition) is 4. The first-order chi connectivity index (χ1) is 15.2. The van der Waals surface area contributed by atoms with Crippen LogP contribution >= 0.6 is 11.8 Å². The number of hydrogen-bond acceptors (Lipinski definition) is 7. The van der Waals surface area contributed by atoms with Crippen molar-refractivity contribution in [1.29, 1.82) is 0 Å². The molecule has 1 aliphatic carbocycles. The van der Waals surface area contributed by atoms with Crippen LogP contribution in [-0.2, 0) is 4.79 Å². The van der Waals surface area contributed by atoms with Gasteiger partial charge in [-0.05, 0) is 42.8 Å². The van der Waals surface area contributed by atoms with Crippen LogP contribution in [0.1, 0.15) is 6.42 Å². The van der Waals surface area contributed by atoms with Crippen LogP contribution < -0.4 is 15.4 Å². The average Bonchev–Trinajstić information content (AvgIpc) is 3.15. The van der Waals surface area contributed by atoms with Crippen LogP contribution in [-0.4, -0.2) is 51.1 Å². The number of ether oxygens (including phenoxy) is 1. The Morgan fingerprint density at radius 1 is 1.06 bits per heavy atom. The van der Waals surface area contributed by atoms with Crippen molar-refractivity contribution in [3.05, 3.63) is 54.6 Å². The minimum absolute atomic E-state index is 0.0836. The standard InChI is InChI=1S/C21H20F3N3O4S/c22-21(23,24)31-13-8-6-12(7-9-13)26-20-27-16-17(29)15(28)10-14(18(16)32-20)19(30)25-11-4-2-1-3-5-11/h1-9,14-18,28-29H,10H2,(H,25,30)(H,26,27)/t14-,15-,16-,17+,18-/m1/s1. The summed E-state index contributed by atoms with van der Waals surface area (Å²) in [7, 11) is 0. The average molecular weight is 467 g/mol. The topological polar surface area (TPSA) is 103 Å². The van der Waals surface area contributed by atoms with E-state index in [0.29, 0.717) is 16.5 Å². The minimum atomic E-state index is -4.78. The SMILES string of the molecule is O=C(Nc1ccccc1)[C@@H]1C[C@@H](O)[C@H](O)[C@H]2N=C(Nc3ccc(OC(F)(F)F)cc3)S[C@@H]21. The number of carbonyl (C=O) groups is 1. The highest BCUT2D eigenvalue weighted by Gasteiger charge is 2.50. The van der Waals surface area contributed by atoms with Gasteiger partial charge in [0.15, 0.2) is 5.17 Å². The number of aliphatic imine (C=N–C) groups is 1. The van der Waals surface area contributed by atoms with Crippen molar-refractivity contribution in [3.63, 3.8) is 0 Å². The van der Waals surface area contributed by atoms with Crippen LogP contribution in [0.25, 0.3) is 0 Å². The van der Waals surface area contributed by atoms with E-state index in [2.05, 4.69) is 20.4 Å². The molecule has 1 fully saturated rings. The number of rotatable bonds is 4. The summed E-state index contributed by atoms with van der Waals surface area (Å²) < 4.78 is 40.8. The third-order valence-electron chi connectivity index (χ3n) is 5.20. The van der Waals surface area contributed by atoms with E-state index >= 15 is 0 Å². The summed E-state index contributed by atoms with van der Waals surface area (Å²) in [6.45, 7) is 0. The molecular weight excluding hydrogens is 447 g/mol. The molecule has 2 aromatic carbocycles. The zero-order chi connectivity index (χ0) is 22.9. The smallest absolute Gasteiger partial charge is 0.406 e. The lowest BCUT2D eigenvalue weighted by Gasteiger charge is -2.37. The second-order valence-corrected chi connectivity index (χ2v) is 8.63. The van der Waals surface area contributed by atoms with E-state index in [1.165, 1.54) is 23.9 Å². The molecule has 0 saturated heterocycles. The van der Waals surface area contributed by atoms with Crippen molar-refractivity contribution in [2.24, 2.45) is 10.9 Å². The van der Waals surface area contributed by atoms with Crippen LogP contribution in [0.3, 0.4) is 0 Å². The zero-order valence-electron chi connectivity index (χ0n) is 16.5. The van der Waals surface area contributed by atoms with Gasteiger partial charge in [0, 0.05) is 16.6 Å². The van der Waals surface area contributed by atoms with Gasteiger partial charge in [0.25, 0.3) is 0 Å². The van der Waals surface area contributed by atoms with Crippen LogP contribution in [0, 0.1) is 5.92 Å². The Bertz CT molecular complexity index is 988. The molecule has 0 aromatic heterocycles. The molecule has 11 heteroatoms. The number of aliphatic hydroxyl groups excluding tert-OH is 2. The molecule has 1 amide bonds. The molecule has 170 valence electrons. The van der Waals surface area contributed by atoms with Crippen molar-refractivity contribution in [1.82, 2.24) is 0 Å². The van der Waals surface area contributed by atoms with E-state index in [4.69, 9.17) is 0 Å². The summed E-state index contributed by atoms with van der Waals surface area (Å²) in [5.74, 6) is -1.24. The minimum Gasteiger partial charge on any atom is -0.406 e. The van der Waals surface area contributed by atoms with Gasteiger partial charge in [-0.25, -0.2) is 0 Å². The summed E-state index contributed by atoms with van der Waals surface area (Å²) in [5.41, 5.74) is 1.09. The van der Waals surface area contributed by atoms with Gasteiger partial charge in [0.2, 0.25) is 5.91 Å². The fourth-order valence-electron chi connectivity index (χ4n) is 3.73. The molecule has 4 rings (SSSR count). The highest BCUT2D eigenvalue weighted by atomic mass is 32.2. The number of para-hydroxylation sites is 1. The molecule has 2 aromatic rings. The number of halogens is 3. The van der Waals surface area contributed by atoms with E-state index in [-0.39, 0.29) is 18.1 Å². The van der Waals surface area contributed by atoms with Gasteiger partial charge in [-0.2, -0.15) is 0 Å². The van der Waals surface area contributed by atoms with Gasteiger partial charge in [0.1, 0.15) is 11.9 Å². The highest BCUT2D eigenvalue weighted by molar-refractivity contribution is 8.15. The molecule has 1 aliphatic heterocycles.